The van der Waals surface area contributed by atoms with Crippen LogP contribution in [0.1, 0.15) is 5.56 Å². The van der Waals surface area contributed by atoms with E-state index in [1.54, 1.807) is 12.3 Å². The van der Waals surface area contributed by atoms with Gasteiger partial charge in [0.15, 0.2) is 0 Å². The van der Waals surface area contributed by atoms with Crippen LogP contribution >= 0.6 is 0 Å². The zero-order valence-corrected chi connectivity index (χ0v) is 10.3. The SMILES string of the molecule is NCc1ccc(-c2ccc3cccnc3c2)c(F)c1. The molecule has 0 bridgehead atoms. The van der Waals surface area contributed by atoms with Crippen LogP contribution in [-0.4, -0.2) is 4.98 Å². The van der Waals surface area contributed by atoms with Crippen LogP contribution in [0, 0.1) is 5.82 Å². The monoisotopic (exact) mass is 252 g/mol. The summed E-state index contributed by atoms with van der Waals surface area (Å²) in [5, 5.41) is 1.05. The van der Waals surface area contributed by atoms with E-state index < -0.39 is 0 Å². The third-order valence-corrected chi connectivity index (χ3v) is 3.19. The molecule has 94 valence electrons. The summed E-state index contributed by atoms with van der Waals surface area (Å²) < 4.78 is 14.0. The molecule has 1 aromatic heterocycles. The van der Waals surface area contributed by atoms with Gasteiger partial charge in [-0.1, -0.05) is 30.3 Å². The first kappa shape index (κ1) is 11.8. The Balaban J connectivity index is 2.13. The second kappa shape index (κ2) is 4.78. The van der Waals surface area contributed by atoms with Crippen LogP contribution in [0.15, 0.2) is 54.7 Å². The molecule has 0 saturated carbocycles. The lowest BCUT2D eigenvalue weighted by Gasteiger charge is -2.06. The van der Waals surface area contributed by atoms with E-state index in [0.29, 0.717) is 12.1 Å². The van der Waals surface area contributed by atoms with Gasteiger partial charge in [-0.2, -0.15) is 0 Å². The molecule has 0 radical (unpaired) electrons. The zero-order chi connectivity index (χ0) is 13.2. The van der Waals surface area contributed by atoms with Crippen molar-refractivity contribution >= 4 is 10.9 Å². The van der Waals surface area contributed by atoms with Gasteiger partial charge in [0, 0.05) is 23.7 Å². The molecule has 2 N–H and O–H groups in total. The minimum absolute atomic E-state index is 0.252. The highest BCUT2D eigenvalue weighted by atomic mass is 19.1. The number of nitrogens with zero attached hydrogens (tertiary/aromatic N) is 1. The summed E-state index contributed by atoms with van der Waals surface area (Å²) >= 11 is 0. The fourth-order valence-electron chi connectivity index (χ4n) is 2.15. The largest absolute Gasteiger partial charge is 0.326 e. The van der Waals surface area contributed by atoms with Gasteiger partial charge in [0.1, 0.15) is 5.82 Å². The van der Waals surface area contributed by atoms with Crippen LogP contribution in [-0.2, 0) is 6.54 Å². The summed E-state index contributed by atoms with van der Waals surface area (Å²) in [5.74, 6) is -0.252. The smallest absolute Gasteiger partial charge is 0.131 e. The normalized spacial score (nSPS) is 10.8. The molecule has 19 heavy (non-hydrogen) atoms. The van der Waals surface area contributed by atoms with Crippen LogP contribution in [0.25, 0.3) is 22.0 Å². The fraction of sp³-hybridized carbons (Fsp3) is 0.0625. The maximum Gasteiger partial charge on any atom is 0.131 e. The molecule has 2 aromatic carbocycles. The van der Waals surface area contributed by atoms with Gasteiger partial charge < -0.3 is 5.73 Å². The Morgan fingerprint density at radius 1 is 1.05 bits per heavy atom. The van der Waals surface area contributed by atoms with Gasteiger partial charge in [-0.3, -0.25) is 4.98 Å². The van der Waals surface area contributed by atoms with Gasteiger partial charge in [-0.25, -0.2) is 4.39 Å². The van der Waals surface area contributed by atoms with E-state index in [1.807, 2.05) is 36.4 Å². The summed E-state index contributed by atoms with van der Waals surface area (Å²) in [6, 6.07) is 14.7. The minimum Gasteiger partial charge on any atom is -0.326 e. The highest BCUT2D eigenvalue weighted by Gasteiger charge is 2.06. The van der Waals surface area contributed by atoms with Crippen molar-refractivity contribution in [2.75, 3.05) is 0 Å². The van der Waals surface area contributed by atoms with E-state index in [2.05, 4.69) is 4.98 Å². The summed E-state index contributed by atoms with van der Waals surface area (Å²) in [6.45, 7) is 0.344. The first-order chi connectivity index (χ1) is 9.28. The molecule has 0 fully saturated rings. The van der Waals surface area contributed by atoms with Gasteiger partial charge >= 0.3 is 0 Å². The van der Waals surface area contributed by atoms with Crippen molar-refractivity contribution in [3.8, 4) is 11.1 Å². The Labute approximate surface area is 110 Å². The molecule has 0 aliphatic carbocycles. The Kier molecular flexibility index (Phi) is 2.97. The maximum atomic E-state index is 14.0. The van der Waals surface area contributed by atoms with E-state index in [9.17, 15) is 4.39 Å². The van der Waals surface area contributed by atoms with E-state index in [4.69, 9.17) is 5.73 Å². The molecule has 0 aliphatic rings. The molecule has 3 aromatic rings. The summed E-state index contributed by atoms with van der Waals surface area (Å²) in [4.78, 5) is 4.29. The number of hydrogen-bond donors (Lipinski definition) is 1. The number of fused-ring (bicyclic) bond motifs is 1. The molecular formula is C16H13FN2. The van der Waals surface area contributed by atoms with Crippen molar-refractivity contribution in [2.45, 2.75) is 6.54 Å². The summed E-state index contributed by atoms with van der Waals surface area (Å²) in [6.07, 6.45) is 1.74. The lowest BCUT2D eigenvalue weighted by Crippen LogP contribution is -1.97. The zero-order valence-electron chi connectivity index (χ0n) is 10.3. The summed E-state index contributed by atoms with van der Waals surface area (Å²) in [7, 11) is 0. The van der Waals surface area contributed by atoms with Crippen molar-refractivity contribution in [1.82, 2.24) is 4.98 Å². The number of benzene rings is 2. The first-order valence-electron chi connectivity index (χ1n) is 6.11. The second-order valence-corrected chi connectivity index (χ2v) is 4.43. The van der Waals surface area contributed by atoms with E-state index in [0.717, 1.165) is 22.0 Å². The highest BCUT2D eigenvalue weighted by Crippen LogP contribution is 2.26. The standard InChI is InChI=1S/C16H13FN2/c17-15-8-11(10-18)3-6-14(15)13-5-4-12-2-1-7-19-16(12)9-13/h1-9H,10,18H2. The van der Waals surface area contributed by atoms with E-state index >= 15 is 0 Å². The van der Waals surface area contributed by atoms with Crippen LogP contribution < -0.4 is 5.73 Å². The van der Waals surface area contributed by atoms with Gasteiger partial charge in [-0.05, 0) is 29.3 Å². The summed E-state index contributed by atoms with van der Waals surface area (Å²) in [5.41, 5.74) is 8.56. The predicted molar refractivity (Wildman–Crippen MR) is 75.0 cm³/mol. The molecule has 0 saturated heterocycles. The fourth-order valence-corrected chi connectivity index (χ4v) is 2.15. The predicted octanol–water partition coefficient (Wildman–Crippen LogP) is 3.50. The number of rotatable bonds is 2. The van der Waals surface area contributed by atoms with Gasteiger partial charge in [0.2, 0.25) is 0 Å². The number of aromatic nitrogens is 1. The first-order valence-corrected chi connectivity index (χ1v) is 6.11. The Morgan fingerprint density at radius 3 is 2.74 bits per heavy atom. The third kappa shape index (κ3) is 2.20. The number of hydrogen-bond acceptors (Lipinski definition) is 2. The van der Waals surface area contributed by atoms with Crippen LogP contribution in [0.5, 0.6) is 0 Å². The molecule has 0 aliphatic heterocycles. The second-order valence-electron chi connectivity index (χ2n) is 4.43. The number of halogens is 1. The maximum absolute atomic E-state index is 14.0. The van der Waals surface area contributed by atoms with Crippen molar-refractivity contribution < 1.29 is 4.39 Å². The Bertz CT molecular complexity index is 738. The van der Waals surface area contributed by atoms with Gasteiger partial charge in [0.25, 0.3) is 0 Å². The van der Waals surface area contributed by atoms with Crippen LogP contribution in [0.4, 0.5) is 4.39 Å². The van der Waals surface area contributed by atoms with Gasteiger partial charge in [-0.15, -0.1) is 0 Å². The topological polar surface area (TPSA) is 38.9 Å². The average molecular weight is 252 g/mol. The van der Waals surface area contributed by atoms with Crippen molar-refractivity contribution in [3.05, 3.63) is 66.1 Å². The Morgan fingerprint density at radius 2 is 1.95 bits per heavy atom. The quantitative estimate of drug-likeness (QED) is 0.758. The van der Waals surface area contributed by atoms with E-state index in [-0.39, 0.29) is 5.82 Å². The third-order valence-electron chi connectivity index (χ3n) is 3.19. The highest BCUT2D eigenvalue weighted by molar-refractivity contribution is 5.84. The van der Waals surface area contributed by atoms with Gasteiger partial charge in [0.05, 0.1) is 5.52 Å². The molecule has 1 heterocycles. The van der Waals surface area contributed by atoms with Crippen molar-refractivity contribution in [1.29, 1.82) is 0 Å². The molecular weight excluding hydrogens is 239 g/mol. The molecule has 0 unspecified atom stereocenters. The molecule has 0 spiro atoms. The minimum atomic E-state index is -0.252. The molecule has 3 rings (SSSR count). The van der Waals surface area contributed by atoms with Crippen LogP contribution in [0.3, 0.4) is 0 Å². The lowest BCUT2D eigenvalue weighted by atomic mass is 10.0. The Hall–Kier alpha value is -2.26. The number of pyridine rings is 1. The van der Waals surface area contributed by atoms with Crippen molar-refractivity contribution in [2.24, 2.45) is 5.73 Å². The molecule has 0 amide bonds. The lowest BCUT2D eigenvalue weighted by molar-refractivity contribution is 0.629. The van der Waals surface area contributed by atoms with Crippen molar-refractivity contribution in [3.63, 3.8) is 0 Å². The van der Waals surface area contributed by atoms with Crippen LogP contribution in [0.2, 0.25) is 0 Å². The molecule has 2 nitrogen and oxygen atoms in total. The average Bonchev–Trinajstić information content (AvgIpc) is 2.46. The molecule has 0 atom stereocenters. The van der Waals surface area contributed by atoms with E-state index in [1.165, 1.54) is 6.07 Å². The number of nitrogens with two attached hydrogens (primary N) is 1. The molecule has 3 heteroatoms.